The topological polar surface area (TPSA) is 151 Å². The lowest BCUT2D eigenvalue weighted by molar-refractivity contribution is -0.123. The van der Waals surface area contributed by atoms with Crippen LogP contribution in [0.15, 0.2) is 124 Å². The Bertz CT molecular complexity index is 1960. The summed E-state index contributed by atoms with van der Waals surface area (Å²) in [5, 5.41) is 11.0. The highest BCUT2D eigenvalue weighted by atomic mass is 32.2. The van der Waals surface area contributed by atoms with Crippen LogP contribution in [0.2, 0.25) is 0 Å². The minimum absolute atomic E-state index is 0.113. The molecule has 260 valence electrons. The number of carbonyl (C=O) groups is 2. The van der Waals surface area contributed by atoms with Crippen LogP contribution in [0.25, 0.3) is 10.8 Å². The van der Waals surface area contributed by atoms with Gasteiger partial charge in [-0.3, -0.25) is 4.79 Å². The smallest absolute Gasteiger partial charge is 0.315 e. The third kappa shape index (κ3) is 11.6. The Balaban J connectivity index is 1.47. The van der Waals surface area contributed by atoms with E-state index in [1.54, 1.807) is 42.5 Å². The minimum atomic E-state index is -3.81. The molecule has 4 aromatic rings. The average molecular weight is 705 g/mol. The van der Waals surface area contributed by atoms with Crippen LogP contribution in [0.3, 0.4) is 0 Å². The predicted molar refractivity (Wildman–Crippen MR) is 193 cm³/mol. The molecule has 0 aliphatic carbocycles. The lowest BCUT2D eigenvalue weighted by Crippen LogP contribution is -2.55. The van der Waals surface area contributed by atoms with Crippen molar-refractivity contribution in [2.45, 2.75) is 73.9 Å². The van der Waals surface area contributed by atoms with Crippen molar-refractivity contribution in [2.24, 2.45) is 0 Å². The molecule has 0 spiro atoms. The zero-order valence-corrected chi connectivity index (χ0v) is 29.6. The maximum atomic E-state index is 13.7. The summed E-state index contributed by atoms with van der Waals surface area (Å²) in [6.45, 7) is 5.63. The number of hydrogen-bond donors (Lipinski definition) is 4. The largest absolute Gasteiger partial charge is 0.348 e. The fourth-order valence-electron chi connectivity index (χ4n) is 5.18. The fraction of sp³-hybridized carbons (Fsp3) is 0.297. The lowest BCUT2D eigenvalue weighted by atomic mass is 10.0. The third-order valence-corrected chi connectivity index (χ3v) is 10.5. The van der Waals surface area contributed by atoms with E-state index in [2.05, 4.69) is 20.7 Å². The van der Waals surface area contributed by atoms with Gasteiger partial charge in [-0.1, -0.05) is 91.0 Å². The molecule has 3 amide bonds. The summed E-state index contributed by atoms with van der Waals surface area (Å²) in [7, 11) is -7.60. The van der Waals surface area contributed by atoms with Crippen molar-refractivity contribution in [1.82, 2.24) is 20.7 Å². The Hall–Kier alpha value is -4.52. The van der Waals surface area contributed by atoms with Crippen LogP contribution in [0.1, 0.15) is 45.6 Å². The van der Waals surface area contributed by atoms with Crippen molar-refractivity contribution >= 4 is 42.6 Å². The highest BCUT2D eigenvalue weighted by Crippen LogP contribution is 2.22. The first-order valence-corrected chi connectivity index (χ1v) is 19.2. The van der Waals surface area contributed by atoms with E-state index in [9.17, 15) is 26.4 Å². The van der Waals surface area contributed by atoms with Crippen LogP contribution in [0.5, 0.6) is 0 Å². The molecule has 4 aromatic carbocycles. The summed E-state index contributed by atoms with van der Waals surface area (Å²) in [5.41, 5.74) is 0.292. The van der Waals surface area contributed by atoms with Crippen LogP contribution in [-0.2, 0) is 31.1 Å². The van der Waals surface area contributed by atoms with E-state index < -0.39 is 49.4 Å². The van der Waals surface area contributed by atoms with E-state index in [0.717, 1.165) is 16.4 Å². The Labute approximate surface area is 289 Å². The summed E-state index contributed by atoms with van der Waals surface area (Å²) < 4.78 is 55.1. The number of amides is 3. The second-order valence-corrected chi connectivity index (χ2v) is 16.3. The molecule has 4 rings (SSSR count). The normalized spacial score (nSPS) is 13.5. The van der Waals surface area contributed by atoms with Gasteiger partial charge in [-0.25, -0.2) is 26.4 Å². The van der Waals surface area contributed by atoms with Gasteiger partial charge in [0.05, 0.1) is 9.79 Å². The number of nitrogens with one attached hydrogen (secondary N) is 4. The quantitative estimate of drug-likeness (QED) is 0.121. The highest BCUT2D eigenvalue weighted by Gasteiger charge is 2.25. The molecule has 49 heavy (non-hydrogen) atoms. The van der Waals surface area contributed by atoms with E-state index in [-0.39, 0.29) is 22.8 Å². The number of carbonyl (C=O) groups excluding carboxylic acids is 2. The average Bonchev–Trinajstić information content (AvgIpc) is 3.06. The van der Waals surface area contributed by atoms with Crippen molar-refractivity contribution < 1.29 is 26.4 Å². The molecule has 12 heteroatoms. The van der Waals surface area contributed by atoms with E-state index in [1.165, 1.54) is 18.2 Å². The maximum absolute atomic E-state index is 13.7. The minimum Gasteiger partial charge on any atom is -0.348 e. The highest BCUT2D eigenvalue weighted by molar-refractivity contribution is 7.94. The molecule has 0 unspecified atom stereocenters. The summed E-state index contributed by atoms with van der Waals surface area (Å²) in [6.07, 6.45) is 2.83. The van der Waals surface area contributed by atoms with Gasteiger partial charge >= 0.3 is 6.03 Å². The number of rotatable bonds is 15. The van der Waals surface area contributed by atoms with Gasteiger partial charge in [0, 0.05) is 35.3 Å². The number of fused-ring (bicyclic) bond motifs is 1. The molecule has 2 atom stereocenters. The molecular formula is C37H44N4O6S2. The van der Waals surface area contributed by atoms with Crippen molar-refractivity contribution in [3.8, 4) is 0 Å². The van der Waals surface area contributed by atoms with Gasteiger partial charge in [0.15, 0.2) is 9.84 Å². The standard InChI is InChI=1S/C37H44N4O6S2/c1-37(2,3)41-36(43)40-33(27-28-15-6-4-7-16-28)35(42)39-30(24-26-48(44,45)31-20-8-5-9-21-31)19-12-13-25-38-49(46,47)34-23-14-18-29-17-10-11-22-32(29)34/h4-11,14-18,20-24,26,30,33,38H,12-13,19,25,27H2,1-3H3,(H,39,42)(H2,40,41,43)/b26-24+/t30-,33-/m0/s1. The first kappa shape index (κ1) is 37.3. The fourth-order valence-corrected chi connectivity index (χ4v) is 7.58. The summed E-state index contributed by atoms with van der Waals surface area (Å²) in [4.78, 5) is 26.8. The molecule has 0 aromatic heterocycles. The zero-order chi connectivity index (χ0) is 35.5. The van der Waals surface area contributed by atoms with Crippen molar-refractivity contribution in [3.63, 3.8) is 0 Å². The molecule has 0 fully saturated rings. The van der Waals surface area contributed by atoms with E-state index in [4.69, 9.17) is 0 Å². The molecule has 0 aliphatic heterocycles. The van der Waals surface area contributed by atoms with Crippen LogP contribution in [-0.4, -0.2) is 52.9 Å². The molecule has 0 saturated carbocycles. The summed E-state index contributed by atoms with van der Waals surface area (Å²) in [6, 6.07) is 27.4. The third-order valence-electron chi connectivity index (χ3n) is 7.56. The number of sulfonamides is 1. The van der Waals surface area contributed by atoms with Crippen LogP contribution >= 0.6 is 0 Å². The molecule has 0 heterocycles. The number of unbranched alkanes of at least 4 members (excludes halogenated alkanes) is 1. The number of hydrogen-bond acceptors (Lipinski definition) is 6. The van der Waals surface area contributed by atoms with Crippen LogP contribution in [0.4, 0.5) is 4.79 Å². The molecule has 0 bridgehead atoms. The summed E-state index contributed by atoms with van der Waals surface area (Å²) >= 11 is 0. The Morgan fingerprint density at radius 1 is 0.755 bits per heavy atom. The number of benzene rings is 4. The van der Waals surface area contributed by atoms with Crippen molar-refractivity contribution in [3.05, 3.63) is 120 Å². The van der Waals surface area contributed by atoms with E-state index in [1.807, 2.05) is 69.3 Å². The van der Waals surface area contributed by atoms with Crippen molar-refractivity contribution in [1.29, 1.82) is 0 Å². The Morgan fingerprint density at radius 2 is 1.39 bits per heavy atom. The SMILES string of the molecule is CC(C)(C)NC(=O)N[C@@H](Cc1ccccc1)C(=O)N[C@H](/C=C/S(=O)(=O)c1ccccc1)CCCCNS(=O)(=O)c1cccc2ccccc12. The van der Waals surface area contributed by atoms with Gasteiger partial charge in [-0.2, -0.15) is 0 Å². The molecule has 0 saturated heterocycles. The lowest BCUT2D eigenvalue weighted by Gasteiger charge is -2.25. The van der Waals surface area contributed by atoms with Gasteiger partial charge in [0.1, 0.15) is 6.04 Å². The maximum Gasteiger partial charge on any atom is 0.315 e. The van der Waals surface area contributed by atoms with Gasteiger partial charge in [0.25, 0.3) is 0 Å². The van der Waals surface area contributed by atoms with Gasteiger partial charge in [-0.05, 0) is 69.2 Å². The zero-order valence-electron chi connectivity index (χ0n) is 27.9. The number of urea groups is 1. The number of sulfone groups is 1. The summed E-state index contributed by atoms with van der Waals surface area (Å²) in [5.74, 6) is -0.490. The Kier molecular flexibility index (Phi) is 12.7. The first-order valence-electron chi connectivity index (χ1n) is 16.1. The molecule has 0 radical (unpaired) electrons. The van der Waals surface area contributed by atoms with Crippen LogP contribution in [0, 0.1) is 0 Å². The second kappa shape index (κ2) is 16.7. The van der Waals surface area contributed by atoms with Gasteiger partial charge < -0.3 is 16.0 Å². The molecule has 4 N–H and O–H groups in total. The molecule has 10 nitrogen and oxygen atoms in total. The van der Waals surface area contributed by atoms with Crippen molar-refractivity contribution in [2.75, 3.05) is 6.54 Å². The molecule has 0 aliphatic rings. The Morgan fingerprint density at radius 3 is 2.08 bits per heavy atom. The van der Waals surface area contributed by atoms with E-state index in [0.29, 0.717) is 24.6 Å². The first-order chi connectivity index (χ1) is 23.2. The van der Waals surface area contributed by atoms with E-state index >= 15 is 0 Å². The van der Waals surface area contributed by atoms with Gasteiger partial charge in [0.2, 0.25) is 15.9 Å². The second-order valence-electron chi connectivity index (χ2n) is 12.8. The molecular weight excluding hydrogens is 661 g/mol. The van der Waals surface area contributed by atoms with Crippen LogP contribution < -0.4 is 20.7 Å². The van der Waals surface area contributed by atoms with Gasteiger partial charge in [-0.15, -0.1) is 0 Å². The monoisotopic (exact) mass is 704 g/mol. The predicted octanol–water partition coefficient (Wildman–Crippen LogP) is 5.47.